The molecule has 236 valence electrons. The Labute approximate surface area is 268 Å². The maximum Gasteiger partial charge on any atom is 0.217 e. The van der Waals surface area contributed by atoms with E-state index in [4.69, 9.17) is 14.2 Å². The number of carbonyl (C=O) groups is 1. The second kappa shape index (κ2) is 17.6. The van der Waals surface area contributed by atoms with Crippen molar-refractivity contribution in [1.29, 1.82) is 0 Å². The lowest BCUT2D eigenvalue weighted by Crippen LogP contribution is -2.65. The number of nitrogens with one attached hydrogen (secondary N) is 2. The summed E-state index contributed by atoms with van der Waals surface area (Å²) in [5.74, 6) is 0.219. The number of carbonyl (C=O) groups excluding carboxylic acids is 1. The van der Waals surface area contributed by atoms with Crippen molar-refractivity contribution < 1.29 is 19.0 Å². The van der Waals surface area contributed by atoms with Crippen LogP contribution in [0.5, 0.6) is 0 Å². The minimum Gasteiger partial charge on any atom is -0.376 e. The van der Waals surface area contributed by atoms with E-state index in [1.165, 1.54) is 11.1 Å². The van der Waals surface area contributed by atoms with E-state index in [1.807, 2.05) is 54.6 Å². The summed E-state index contributed by atoms with van der Waals surface area (Å²) in [6, 6.07) is 41.3. The second-order valence-electron chi connectivity index (χ2n) is 11.9. The molecule has 1 aliphatic heterocycles. The Hall–Kier alpha value is -3.81. The van der Waals surface area contributed by atoms with Crippen LogP contribution in [-0.2, 0) is 38.8 Å². The van der Waals surface area contributed by atoms with E-state index in [-0.39, 0.29) is 30.2 Å². The van der Waals surface area contributed by atoms with Gasteiger partial charge in [0.15, 0.2) is 0 Å². The van der Waals surface area contributed by atoms with E-state index in [9.17, 15) is 4.79 Å². The number of hydrogen-bond acceptors (Lipinski definition) is 5. The molecule has 1 amide bonds. The molecule has 5 rings (SSSR count). The summed E-state index contributed by atoms with van der Waals surface area (Å²) in [6.45, 7) is 4.38. The molecular weight excluding hydrogens is 560 g/mol. The molecule has 0 spiro atoms. The van der Waals surface area contributed by atoms with Crippen LogP contribution >= 0.6 is 0 Å². The van der Waals surface area contributed by atoms with Gasteiger partial charge in [0.2, 0.25) is 5.91 Å². The number of ether oxygens (including phenoxy) is 3. The Morgan fingerprint density at radius 2 is 1.24 bits per heavy atom. The van der Waals surface area contributed by atoms with E-state index in [0.29, 0.717) is 38.9 Å². The molecule has 5 atom stereocenters. The average Bonchev–Trinajstić information content (AvgIpc) is 3.08. The highest BCUT2D eigenvalue weighted by Gasteiger charge is 2.41. The minimum atomic E-state index is -0.303. The lowest BCUT2D eigenvalue weighted by Gasteiger charge is -2.43. The summed E-state index contributed by atoms with van der Waals surface area (Å²) in [6.07, 6.45) is 2.35. The van der Waals surface area contributed by atoms with Gasteiger partial charge in [0.1, 0.15) is 12.2 Å². The van der Waals surface area contributed by atoms with Gasteiger partial charge >= 0.3 is 0 Å². The van der Waals surface area contributed by atoms with E-state index < -0.39 is 0 Å². The zero-order valence-electron chi connectivity index (χ0n) is 26.2. The Kier molecular flexibility index (Phi) is 12.8. The quantitative estimate of drug-likeness (QED) is 0.147. The van der Waals surface area contributed by atoms with Crippen molar-refractivity contribution >= 4 is 5.91 Å². The van der Waals surface area contributed by atoms with E-state index >= 15 is 0 Å². The monoisotopic (exact) mass is 606 g/mol. The number of benzene rings is 4. The fraction of sp³-hybridized carbons (Fsp3) is 0.359. The molecule has 1 heterocycles. The van der Waals surface area contributed by atoms with Crippen LogP contribution in [0.25, 0.3) is 0 Å². The maximum atomic E-state index is 12.2. The maximum absolute atomic E-state index is 12.2. The van der Waals surface area contributed by atoms with Crippen molar-refractivity contribution in [1.82, 2.24) is 10.6 Å². The van der Waals surface area contributed by atoms with Gasteiger partial charge in [-0.15, -0.1) is 0 Å². The first-order chi connectivity index (χ1) is 22.2. The summed E-state index contributed by atoms with van der Waals surface area (Å²) in [7, 11) is 0. The first kappa shape index (κ1) is 32.6. The summed E-state index contributed by atoms with van der Waals surface area (Å²) < 4.78 is 19.5. The molecule has 1 unspecified atom stereocenters. The molecule has 1 aliphatic rings. The molecule has 0 saturated carbocycles. The number of rotatable bonds is 16. The summed E-state index contributed by atoms with van der Waals surface area (Å²) >= 11 is 0. The van der Waals surface area contributed by atoms with Crippen molar-refractivity contribution in [3.8, 4) is 0 Å². The molecule has 0 bridgehead atoms. The molecule has 0 radical (unpaired) electrons. The van der Waals surface area contributed by atoms with Gasteiger partial charge in [-0.1, -0.05) is 128 Å². The molecule has 4 aromatic rings. The highest BCUT2D eigenvalue weighted by Crippen LogP contribution is 2.28. The van der Waals surface area contributed by atoms with Crippen LogP contribution < -0.4 is 10.6 Å². The highest BCUT2D eigenvalue weighted by molar-refractivity contribution is 5.73. The predicted octanol–water partition coefficient (Wildman–Crippen LogP) is 6.80. The van der Waals surface area contributed by atoms with E-state index in [1.54, 1.807) is 6.92 Å². The standard InChI is InChI=1S/C39H46N2O4/c1-30(42)41-37-25-40-36(24-14-23-35(34-21-12-5-13-22-34)29-43-26-31-15-6-2-7-16-31)38(44-27-32-17-8-3-9-18-32)39(37)45-28-33-19-10-4-11-20-33/h2-13,15-22,35-40H,14,23-29H2,1H3,(H,41,42)/t35?,36-,37+,38-,39-/m1/s1. The SMILES string of the molecule is CC(=O)N[C@H]1CN[C@H](CCCC(COCc2ccccc2)c2ccccc2)[C@@H](OCc2ccccc2)[C@@H]1OCc1ccccc1. The molecule has 1 fully saturated rings. The smallest absolute Gasteiger partial charge is 0.217 e. The van der Waals surface area contributed by atoms with Crippen molar-refractivity contribution in [3.05, 3.63) is 144 Å². The van der Waals surface area contributed by atoms with Crippen molar-refractivity contribution in [2.24, 2.45) is 0 Å². The predicted molar refractivity (Wildman–Crippen MR) is 179 cm³/mol. The third kappa shape index (κ3) is 10.4. The van der Waals surface area contributed by atoms with Crippen LogP contribution in [0.15, 0.2) is 121 Å². The fourth-order valence-corrected chi connectivity index (χ4v) is 6.13. The van der Waals surface area contributed by atoms with Crippen molar-refractivity contribution in [3.63, 3.8) is 0 Å². The van der Waals surface area contributed by atoms with Gasteiger partial charge in [-0.25, -0.2) is 0 Å². The van der Waals surface area contributed by atoms with Crippen molar-refractivity contribution in [2.45, 2.75) is 76.2 Å². The van der Waals surface area contributed by atoms with Gasteiger partial charge in [0.05, 0.1) is 32.5 Å². The summed E-state index contributed by atoms with van der Waals surface area (Å²) in [5, 5.41) is 6.84. The summed E-state index contributed by atoms with van der Waals surface area (Å²) in [4.78, 5) is 12.2. The number of piperidine rings is 1. The van der Waals surface area contributed by atoms with E-state index in [0.717, 1.165) is 30.4 Å². The third-order valence-corrected chi connectivity index (χ3v) is 8.45. The van der Waals surface area contributed by atoms with Gasteiger partial charge in [0.25, 0.3) is 0 Å². The molecule has 6 heteroatoms. The fourth-order valence-electron chi connectivity index (χ4n) is 6.13. The molecule has 45 heavy (non-hydrogen) atoms. The highest BCUT2D eigenvalue weighted by atomic mass is 16.5. The zero-order valence-corrected chi connectivity index (χ0v) is 26.2. The lowest BCUT2D eigenvalue weighted by molar-refractivity contribution is -0.137. The van der Waals surface area contributed by atoms with Crippen LogP contribution in [0.3, 0.4) is 0 Å². The molecule has 6 nitrogen and oxygen atoms in total. The first-order valence-corrected chi connectivity index (χ1v) is 16.1. The second-order valence-corrected chi connectivity index (χ2v) is 11.9. The Morgan fingerprint density at radius 3 is 1.80 bits per heavy atom. The zero-order chi connectivity index (χ0) is 31.1. The molecule has 0 aliphatic carbocycles. The Balaban J connectivity index is 1.27. The van der Waals surface area contributed by atoms with Crippen LogP contribution in [0.1, 0.15) is 54.4 Å². The normalized spacial score (nSPS) is 20.4. The molecule has 0 aromatic heterocycles. The van der Waals surface area contributed by atoms with E-state index in [2.05, 4.69) is 77.4 Å². The topological polar surface area (TPSA) is 68.8 Å². The van der Waals surface area contributed by atoms with Gasteiger partial charge in [0, 0.05) is 25.4 Å². The number of hydrogen-bond donors (Lipinski definition) is 2. The molecule has 1 saturated heterocycles. The average molecular weight is 607 g/mol. The Bertz CT molecular complexity index is 1390. The minimum absolute atomic E-state index is 0.0705. The van der Waals surface area contributed by atoms with Crippen LogP contribution in [0.4, 0.5) is 0 Å². The third-order valence-electron chi connectivity index (χ3n) is 8.45. The van der Waals surface area contributed by atoms with Crippen LogP contribution in [0.2, 0.25) is 0 Å². The van der Waals surface area contributed by atoms with Crippen molar-refractivity contribution in [2.75, 3.05) is 13.2 Å². The van der Waals surface area contributed by atoms with Crippen LogP contribution in [-0.4, -0.2) is 43.4 Å². The van der Waals surface area contributed by atoms with Gasteiger partial charge in [-0.2, -0.15) is 0 Å². The first-order valence-electron chi connectivity index (χ1n) is 16.1. The lowest BCUT2D eigenvalue weighted by atomic mass is 9.88. The van der Waals surface area contributed by atoms with Crippen LogP contribution in [0, 0.1) is 0 Å². The number of amides is 1. The summed E-state index contributed by atoms with van der Waals surface area (Å²) in [5.41, 5.74) is 4.69. The van der Waals surface area contributed by atoms with Gasteiger partial charge in [-0.05, 0) is 35.1 Å². The molecule has 2 N–H and O–H groups in total. The Morgan fingerprint density at radius 1 is 0.733 bits per heavy atom. The largest absolute Gasteiger partial charge is 0.376 e. The molecular formula is C39H46N2O4. The molecule has 4 aromatic carbocycles. The van der Waals surface area contributed by atoms with Gasteiger partial charge in [-0.3, -0.25) is 4.79 Å². The van der Waals surface area contributed by atoms with Gasteiger partial charge < -0.3 is 24.8 Å².